The average Bonchev–Trinajstić information content (AvgIpc) is 2.33. The van der Waals surface area contributed by atoms with Crippen molar-refractivity contribution in [1.82, 2.24) is 0 Å². The van der Waals surface area contributed by atoms with Crippen LogP contribution in [0.25, 0.3) is 11.1 Å². The van der Waals surface area contributed by atoms with Gasteiger partial charge in [-0.1, -0.05) is 29.8 Å². The smallest absolute Gasteiger partial charge is 0.292 e. The second kappa shape index (κ2) is 4.49. The highest BCUT2D eigenvalue weighted by Gasteiger charge is 2.13. The Balaban J connectivity index is 2.61. The van der Waals surface area contributed by atoms with Crippen molar-refractivity contribution in [2.45, 2.75) is 13.8 Å². The predicted octanol–water partition coefficient (Wildman–Crippen LogP) is 3.46. The molecule has 0 amide bonds. The SMILES string of the molecule is Cc1ccc(C)c(-c2ccc(N)c([N+](=O)[O-])c2)c1. The van der Waals surface area contributed by atoms with Crippen LogP contribution in [-0.2, 0) is 0 Å². The Bertz CT molecular complexity index is 621. The molecule has 0 radical (unpaired) electrons. The Morgan fingerprint density at radius 1 is 1.11 bits per heavy atom. The van der Waals surface area contributed by atoms with Gasteiger partial charge in [0.1, 0.15) is 5.69 Å². The quantitative estimate of drug-likeness (QED) is 0.498. The zero-order valence-electron chi connectivity index (χ0n) is 10.3. The number of hydrogen-bond acceptors (Lipinski definition) is 3. The van der Waals surface area contributed by atoms with Gasteiger partial charge in [-0.25, -0.2) is 0 Å². The number of rotatable bonds is 2. The Labute approximate surface area is 105 Å². The van der Waals surface area contributed by atoms with Crippen LogP contribution in [0.3, 0.4) is 0 Å². The van der Waals surface area contributed by atoms with Crippen molar-refractivity contribution in [1.29, 1.82) is 0 Å². The molecule has 2 N–H and O–H groups in total. The molecule has 0 atom stereocenters. The van der Waals surface area contributed by atoms with E-state index in [-0.39, 0.29) is 11.4 Å². The fraction of sp³-hybridized carbons (Fsp3) is 0.143. The topological polar surface area (TPSA) is 69.2 Å². The van der Waals surface area contributed by atoms with Crippen molar-refractivity contribution in [3.63, 3.8) is 0 Å². The lowest BCUT2D eigenvalue weighted by Crippen LogP contribution is -1.96. The molecule has 4 heteroatoms. The maximum absolute atomic E-state index is 10.9. The first-order valence-electron chi connectivity index (χ1n) is 5.60. The molecule has 0 aliphatic heterocycles. The number of nitro groups is 1. The predicted molar refractivity (Wildman–Crippen MR) is 72.4 cm³/mol. The Morgan fingerprint density at radius 3 is 2.50 bits per heavy atom. The second-order valence-electron chi connectivity index (χ2n) is 4.35. The van der Waals surface area contributed by atoms with E-state index in [2.05, 4.69) is 0 Å². The van der Waals surface area contributed by atoms with Gasteiger partial charge in [0.05, 0.1) is 4.92 Å². The monoisotopic (exact) mass is 242 g/mol. The number of nitrogen functional groups attached to an aromatic ring is 1. The summed E-state index contributed by atoms with van der Waals surface area (Å²) in [6.45, 7) is 3.98. The van der Waals surface area contributed by atoms with E-state index in [0.717, 1.165) is 22.3 Å². The van der Waals surface area contributed by atoms with Crippen molar-refractivity contribution < 1.29 is 4.92 Å². The molecule has 0 heterocycles. The number of anilines is 1. The lowest BCUT2D eigenvalue weighted by Gasteiger charge is -2.08. The molecule has 0 aliphatic rings. The van der Waals surface area contributed by atoms with E-state index < -0.39 is 4.92 Å². The van der Waals surface area contributed by atoms with Gasteiger partial charge < -0.3 is 5.73 Å². The lowest BCUT2D eigenvalue weighted by atomic mass is 9.98. The van der Waals surface area contributed by atoms with Crippen LogP contribution < -0.4 is 5.73 Å². The van der Waals surface area contributed by atoms with Crippen LogP contribution in [-0.4, -0.2) is 4.92 Å². The number of nitro benzene ring substituents is 1. The number of aryl methyl sites for hydroxylation is 2. The van der Waals surface area contributed by atoms with Crippen LogP contribution in [0.15, 0.2) is 36.4 Å². The third kappa shape index (κ3) is 2.18. The highest BCUT2D eigenvalue weighted by atomic mass is 16.6. The minimum absolute atomic E-state index is 0.0478. The first-order chi connectivity index (χ1) is 8.49. The second-order valence-corrected chi connectivity index (χ2v) is 4.35. The summed E-state index contributed by atoms with van der Waals surface area (Å²) in [6.07, 6.45) is 0. The van der Waals surface area contributed by atoms with E-state index in [1.54, 1.807) is 6.07 Å². The molecule has 92 valence electrons. The molecule has 0 saturated carbocycles. The van der Waals surface area contributed by atoms with E-state index >= 15 is 0 Å². The largest absolute Gasteiger partial charge is 0.393 e. The third-order valence-electron chi connectivity index (χ3n) is 2.93. The summed E-state index contributed by atoms with van der Waals surface area (Å²) >= 11 is 0. The van der Waals surface area contributed by atoms with Crippen LogP contribution >= 0.6 is 0 Å². The van der Waals surface area contributed by atoms with Crippen molar-refractivity contribution in [2.24, 2.45) is 0 Å². The van der Waals surface area contributed by atoms with Gasteiger partial charge in [-0.2, -0.15) is 0 Å². The van der Waals surface area contributed by atoms with Gasteiger partial charge in [-0.15, -0.1) is 0 Å². The van der Waals surface area contributed by atoms with Crippen molar-refractivity contribution in [3.8, 4) is 11.1 Å². The summed E-state index contributed by atoms with van der Waals surface area (Å²) in [5.41, 5.74) is 9.75. The molecule has 4 nitrogen and oxygen atoms in total. The lowest BCUT2D eigenvalue weighted by molar-refractivity contribution is -0.383. The highest BCUT2D eigenvalue weighted by Crippen LogP contribution is 2.30. The first-order valence-corrected chi connectivity index (χ1v) is 5.60. The van der Waals surface area contributed by atoms with Gasteiger partial charge in [0, 0.05) is 6.07 Å². The molecule has 0 spiro atoms. The van der Waals surface area contributed by atoms with E-state index in [4.69, 9.17) is 5.73 Å². The van der Waals surface area contributed by atoms with Crippen LogP contribution in [0.4, 0.5) is 11.4 Å². The van der Waals surface area contributed by atoms with E-state index in [0.29, 0.717) is 0 Å². The molecule has 0 bridgehead atoms. The van der Waals surface area contributed by atoms with E-state index in [1.165, 1.54) is 6.07 Å². The van der Waals surface area contributed by atoms with Gasteiger partial charge >= 0.3 is 0 Å². The molecule has 2 aromatic carbocycles. The van der Waals surface area contributed by atoms with Crippen molar-refractivity contribution in [3.05, 3.63) is 57.6 Å². The molecule has 0 saturated heterocycles. The fourth-order valence-electron chi connectivity index (χ4n) is 1.92. The molecular formula is C14H14N2O2. The van der Waals surface area contributed by atoms with Crippen LogP contribution in [0.2, 0.25) is 0 Å². The van der Waals surface area contributed by atoms with E-state index in [9.17, 15) is 10.1 Å². The van der Waals surface area contributed by atoms with Crippen LogP contribution in [0.5, 0.6) is 0 Å². The van der Waals surface area contributed by atoms with Gasteiger partial charge in [0.25, 0.3) is 5.69 Å². The maximum atomic E-state index is 10.9. The van der Waals surface area contributed by atoms with Crippen LogP contribution in [0, 0.1) is 24.0 Å². The number of hydrogen-bond donors (Lipinski definition) is 1. The summed E-state index contributed by atoms with van der Waals surface area (Å²) < 4.78 is 0. The van der Waals surface area contributed by atoms with Gasteiger partial charge in [-0.05, 0) is 36.6 Å². The summed E-state index contributed by atoms with van der Waals surface area (Å²) in [7, 11) is 0. The standard InChI is InChI=1S/C14H14N2O2/c1-9-3-4-10(2)12(7-9)11-5-6-13(15)14(8-11)16(17)18/h3-8H,15H2,1-2H3. The summed E-state index contributed by atoms with van der Waals surface area (Å²) in [4.78, 5) is 10.4. The number of benzene rings is 2. The van der Waals surface area contributed by atoms with Crippen LogP contribution in [0.1, 0.15) is 11.1 Å². The fourth-order valence-corrected chi connectivity index (χ4v) is 1.92. The van der Waals surface area contributed by atoms with Gasteiger partial charge in [0.2, 0.25) is 0 Å². The zero-order valence-corrected chi connectivity index (χ0v) is 10.3. The number of nitrogens with two attached hydrogens (primary N) is 1. The van der Waals surface area contributed by atoms with E-state index in [1.807, 2.05) is 38.1 Å². The molecule has 0 aromatic heterocycles. The van der Waals surface area contributed by atoms with Crippen molar-refractivity contribution in [2.75, 3.05) is 5.73 Å². The highest BCUT2D eigenvalue weighted by molar-refractivity contribution is 5.74. The Morgan fingerprint density at radius 2 is 1.83 bits per heavy atom. The molecule has 2 aromatic rings. The zero-order chi connectivity index (χ0) is 13.3. The van der Waals surface area contributed by atoms with Gasteiger partial charge in [-0.3, -0.25) is 10.1 Å². The van der Waals surface area contributed by atoms with Crippen molar-refractivity contribution >= 4 is 11.4 Å². The average molecular weight is 242 g/mol. The third-order valence-corrected chi connectivity index (χ3v) is 2.93. The molecule has 0 aliphatic carbocycles. The first kappa shape index (κ1) is 12.1. The molecule has 2 rings (SSSR count). The minimum Gasteiger partial charge on any atom is -0.393 e. The Hall–Kier alpha value is -2.36. The Kier molecular flexibility index (Phi) is 3.02. The van der Waals surface area contributed by atoms with Gasteiger partial charge in [0.15, 0.2) is 0 Å². The minimum atomic E-state index is -0.454. The normalized spacial score (nSPS) is 10.3. The molecule has 18 heavy (non-hydrogen) atoms. The summed E-state index contributed by atoms with van der Waals surface area (Å²) in [5.74, 6) is 0. The number of nitrogens with zero attached hydrogens (tertiary/aromatic N) is 1. The summed E-state index contributed by atoms with van der Waals surface area (Å²) in [5, 5.41) is 10.9. The summed E-state index contributed by atoms with van der Waals surface area (Å²) in [6, 6.07) is 11.0. The maximum Gasteiger partial charge on any atom is 0.292 e. The molecular weight excluding hydrogens is 228 g/mol. The molecule has 0 fully saturated rings. The molecule has 0 unspecified atom stereocenters.